The highest BCUT2D eigenvalue weighted by molar-refractivity contribution is 6.30. The van der Waals surface area contributed by atoms with Crippen molar-refractivity contribution in [2.45, 2.75) is 13.5 Å². The number of nitrogens with one attached hydrogen (secondary N) is 1. The Morgan fingerprint density at radius 3 is 2.89 bits per heavy atom. The van der Waals surface area contributed by atoms with Gasteiger partial charge in [0.15, 0.2) is 0 Å². The molecule has 0 saturated carbocycles. The van der Waals surface area contributed by atoms with Gasteiger partial charge in [0.05, 0.1) is 25.0 Å². The Kier molecular flexibility index (Phi) is 3.99. The third kappa shape index (κ3) is 3.11. The van der Waals surface area contributed by atoms with Crippen molar-refractivity contribution < 1.29 is 4.74 Å². The number of halogens is 1. The van der Waals surface area contributed by atoms with E-state index in [1.165, 1.54) is 0 Å². The third-order valence-electron chi connectivity index (χ3n) is 2.46. The van der Waals surface area contributed by atoms with Crippen LogP contribution in [0.5, 0.6) is 5.75 Å². The fraction of sp³-hybridized carbons (Fsp3) is 0.231. The Bertz CT molecular complexity index is 546. The maximum Gasteiger partial charge on any atom is 0.142 e. The van der Waals surface area contributed by atoms with Gasteiger partial charge in [0.2, 0.25) is 0 Å². The minimum atomic E-state index is 0.597. The van der Waals surface area contributed by atoms with E-state index in [0.717, 1.165) is 23.0 Å². The van der Waals surface area contributed by atoms with E-state index in [2.05, 4.69) is 15.3 Å². The van der Waals surface area contributed by atoms with Gasteiger partial charge in [0, 0.05) is 11.2 Å². The molecule has 0 unspecified atom stereocenters. The molecule has 4 nitrogen and oxygen atoms in total. The lowest BCUT2D eigenvalue weighted by atomic mass is 10.3. The van der Waals surface area contributed by atoms with Crippen molar-refractivity contribution >= 4 is 17.3 Å². The molecule has 18 heavy (non-hydrogen) atoms. The average molecular weight is 264 g/mol. The second-order valence-electron chi connectivity index (χ2n) is 3.79. The van der Waals surface area contributed by atoms with Crippen molar-refractivity contribution in [3.8, 4) is 5.75 Å². The molecular formula is C13H14ClN3O. The fourth-order valence-electron chi connectivity index (χ4n) is 1.61. The van der Waals surface area contributed by atoms with Crippen LogP contribution in [0.2, 0.25) is 5.02 Å². The number of hydrogen-bond acceptors (Lipinski definition) is 4. The molecule has 0 aliphatic carbocycles. The molecule has 0 radical (unpaired) electrons. The van der Waals surface area contributed by atoms with Crippen LogP contribution in [-0.4, -0.2) is 17.1 Å². The summed E-state index contributed by atoms with van der Waals surface area (Å²) in [5, 5.41) is 3.91. The van der Waals surface area contributed by atoms with Gasteiger partial charge < -0.3 is 10.1 Å². The monoisotopic (exact) mass is 263 g/mol. The first-order valence-electron chi connectivity index (χ1n) is 5.55. The highest BCUT2D eigenvalue weighted by atomic mass is 35.5. The predicted molar refractivity (Wildman–Crippen MR) is 72.1 cm³/mol. The fourth-order valence-corrected chi connectivity index (χ4v) is 1.78. The summed E-state index contributed by atoms with van der Waals surface area (Å²) in [4.78, 5) is 8.38. The first-order valence-corrected chi connectivity index (χ1v) is 5.93. The van der Waals surface area contributed by atoms with Gasteiger partial charge in [-0.3, -0.25) is 0 Å². The van der Waals surface area contributed by atoms with Crippen molar-refractivity contribution in [2.75, 3.05) is 12.4 Å². The maximum absolute atomic E-state index is 5.96. The van der Waals surface area contributed by atoms with Crippen LogP contribution in [0.1, 0.15) is 11.5 Å². The maximum atomic E-state index is 5.96. The molecule has 0 atom stereocenters. The van der Waals surface area contributed by atoms with Crippen molar-refractivity contribution in [3.05, 3.63) is 47.0 Å². The minimum Gasteiger partial charge on any atom is -0.495 e. The van der Waals surface area contributed by atoms with Gasteiger partial charge in [0.1, 0.15) is 11.6 Å². The summed E-state index contributed by atoms with van der Waals surface area (Å²) >= 11 is 5.96. The predicted octanol–water partition coefficient (Wildman–Crippen LogP) is 3.06. The van der Waals surface area contributed by atoms with Crippen molar-refractivity contribution in [1.29, 1.82) is 0 Å². The topological polar surface area (TPSA) is 47.0 Å². The molecule has 0 amide bonds. The quantitative estimate of drug-likeness (QED) is 0.921. The number of nitrogens with zero attached hydrogens (tertiary/aromatic N) is 2. The molecule has 0 saturated heterocycles. The SMILES string of the molecule is COc1ccc(Cl)cc1NCc1ccnc(C)n1. The van der Waals surface area contributed by atoms with Crippen molar-refractivity contribution in [3.63, 3.8) is 0 Å². The lowest BCUT2D eigenvalue weighted by Gasteiger charge is -2.11. The first kappa shape index (κ1) is 12.6. The van der Waals surface area contributed by atoms with Crippen LogP contribution >= 0.6 is 11.6 Å². The Balaban J connectivity index is 2.12. The highest BCUT2D eigenvalue weighted by Gasteiger charge is 2.04. The summed E-state index contributed by atoms with van der Waals surface area (Å²) in [6, 6.07) is 7.32. The Morgan fingerprint density at radius 2 is 2.17 bits per heavy atom. The van der Waals surface area contributed by atoms with Crippen molar-refractivity contribution in [2.24, 2.45) is 0 Å². The summed E-state index contributed by atoms with van der Waals surface area (Å²) in [6.07, 6.45) is 1.74. The second-order valence-corrected chi connectivity index (χ2v) is 4.23. The Morgan fingerprint density at radius 1 is 1.33 bits per heavy atom. The van der Waals surface area contributed by atoms with Gasteiger partial charge >= 0.3 is 0 Å². The highest BCUT2D eigenvalue weighted by Crippen LogP contribution is 2.27. The molecule has 0 bridgehead atoms. The number of aryl methyl sites for hydroxylation is 1. The van der Waals surface area contributed by atoms with E-state index < -0.39 is 0 Å². The van der Waals surface area contributed by atoms with Gasteiger partial charge in [-0.15, -0.1) is 0 Å². The van der Waals surface area contributed by atoms with E-state index in [-0.39, 0.29) is 0 Å². The molecule has 94 valence electrons. The van der Waals surface area contributed by atoms with Gasteiger partial charge in [-0.2, -0.15) is 0 Å². The van der Waals surface area contributed by atoms with E-state index in [4.69, 9.17) is 16.3 Å². The van der Waals surface area contributed by atoms with E-state index >= 15 is 0 Å². The number of methoxy groups -OCH3 is 1. The molecular weight excluding hydrogens is 250 g/mol. The number of anilines is 1. The van der Waals surface area contributed by atoms with E-state index in [9.17, 15) is 0 Å². The molecule has 1 N–H and O–H groups in total. The third-order valence-corrected chi connectivity index (χ3v) is 2.69. The zero-order valence-corrected chi connectivity index (χ0v) is 11.0. The molecule has 2 aromatic rings. The smallest absolute Gasteiger partial charge is 0.142 e. The molecule has 0 spiro atoms. The van der Waals surface area contributed by atoms with Crippen LogP contribution in [0.3, 0.4) is 0 Å². The summed E-state index contributed by atoms with van der Waals surface area (Å²) in [6.45, 7) is 2.46. The van der Waals surface area contributed by atoms with Gasteiger partial charge in [-0.1, -0.05) is 11.6 Å². The number of benzene rings is 1. The number of ether oxygens (including phenoxy) is 1. The normalized spacial score (nSPS) is 10.2. The summed E-state index contributed by atoms with van der Waals surface area (Å²) in [5.74, 6) is 1.51. The van der Waals surface area contributed by atoms with E-state index in [1.807, 2.05) is 25.1 Å². The lowest BCUT2D eigenvalue weighted by molar-refractivity contribution is 0.416. The number of aromatic nitrogens is 2. The number of hydrogen-bond donors (Lipinski definition) is 1. The molecule has 1 heterocycles. The zero-order chi connectivity index (χ0) is 13.0. The van der Waals surface area contributed by atoms with Crippen molar-refractivity contribution in [1.82, 2.24) is 9.97 Å². The van der Waals surface area contributed by atoms with Gasteiger partial charge in [0.25, 0.3) is 0 Å². The van der Waals surface area contributed by atoms with Crippen LogP contribution in [0.15, 0.2) is 30.5 Å². The molecule has 2 rings (SSSR count). The largest absolute Gasteiger partial charge is 0.495 e. The van der Waals surface area contributed by atoms with Crippen LogP contribution in [0, 0.1) is 6.92 Å². The number of rotatable bonds is 4. The summed E-state index contributed by atoms with van der Waals surface area (Å²) in [7, 11) is 1.63. The molecule has 5 heteroatoms. The second kappa shape index (κ2) is 5.69. The van der Waals surface area contributed by atoms with Crippen LogP contribution < -0.4 is 10.1 Å². The lowest BCUT2D eigenvalue weighted by Crippen LogP contribution is -2.04. The summed E-state index contributed by atoms with van der Waals surface area (Å²) in [5.41, 5.74) is 1.77. The zero-order valence-electron chi connectivity index (χ0n) is 10.3. The van der Waals surface area contributed by atoms with Gasteiger partial charge in [-0.05, 0) is 31.2 Å². The summed E-state index contributed by atoms with van der Waals surface area (Å²) < 4.78 is 5.26. The minimum absolute atomic E-state index is 0.597. The Labute approximate surface area is 111 Å². The standard InChI is InChI=1S/C13H14ClN3O/c1-9-15-6-5-11(17-9)8-16-12-7-10(14)3-4-13(12)18-2/h3-7,16H,8H2,1-2H3. The Hall–Kier alpha value is -1.81. The molecule has 1 aromatic carbocycles. The van der Waals surface area contributed by atoms with Crippen LogP contribution in [0.25, 0.3) is 0 Å². The molecule has 1 aromatic heterocycles. The van der Waals surface area contributed by atoms with E-state index in [1.54, 1.807) is 19.4 Å². The van der Waals surface area contributed by atoms with Crippen LogP contribution in [0.4, 0.5) is 5.69 Å². The van der Waals surface area contributed by atoms with E-state index in [0.29, 0.717) is 11.6 Å². The van der Waals surface area contributed by atoms with Gasteiger partial charge in [-0.25, -0.2) is 9.97 Å². The molecule has 0 aliphatic heterocycles. The van der Waals surface area contributed by atoms with Crippen LogP contribution in [-0.2, 0) is 6.54 Å². The molecule has 0 fully saturated rings. The molecule has 0 aliphatic rings. The first-order chi connectivity index (χ1) is 8.69. The average Bonchev–Trinajstić information content (AvgIpc) is 2.37.